The fraction of sp³-hybridized carbons (Fsp3) is 0.882. The maximum atomic E-state index is 12.3. The van der Waals surface area contributed by atoms with Crippen molar-refractivity contribution in [3.63, 3.8) is 0 Å². The van der Waals surface area contributed by atoms with Crippen molar-refractivity contribution < 1.29 is 17.9 Å². The average molecular weight is 308 g/mol. The van der Waals surface area contributed by atoms with E-state index < -0.39 is 12.8 Å². The lowest BCUT2D eigenvalue weighted by Gasteiger charge is -2.05. The topological polar surface area (TPSA) is 9.23 Å². The van der Waals surface area contributed by atoms with E-state index in [0.29, 0.717) is 0 Å². The van der Waals surface area contributed by atoms with E-state index in [9.17, 15) is 13.2 Å². The molecule has 0 aromatic carbocycles. The van der Waals surface area contributed by atoms with E-state index in [2.05, 4.69) is 11.7 Å². The highest BCUT2D eigenvalue weighted by Crippen LogP contribution is 2.12. The van der Waals surface area contributed by atoms with Gasteiger partial charge in [-0.3, -0.25) is 0 Å². The fourth-order valence-electron chi connectivity index (χ4n) is 2.18. The molecule has 0 heterocycles. The van der Waals surface area contributed by atoms with Crippen molar-refractivity contribution in [1.82, 2.24) is 0 Å². The minimum Gasteiger partial charge on any atom is -0.463 e. The lowest BCUT2D eigenvalue weighted by molar-refractivity contribution is -0.0917. The second-order valence-electron chi connectivity index (χ2n) is 5.52. The molecule has 0 fully saturated rings. The molecule has 1 atom stereocenters. The summed E-state index contributed by atoms with van der Waals surface area (Å²) in [6.07, 6.45) is 11.9. The molecule has 0 saturated heterocycles. The van der Waals surface area contributed by atoms with E-state index in [1.807, 2.05) is 0 Å². The van der Waals surface area contributed by atoms with Crippen molar-refractivity contribution in [3.8, 4) is 0 Å². The monoisotopic (exact) mass is 308 g/mol. The Morgan fingerprint density at radius 3 is 1.71 bits per heavy atom. The number of hydrogen-bond acceptors (Lipinski definition) is 1. The van der Waals surface area contributed by atoms with Crippen LogP contribution in [0.15, 0.2) is 12.3 Å². The normalized spacial score (nSPS) is 13.2. The number of allylic oxidation sites excluding steroid dienone is 1. The predicted molar refractivity (Wildman–Crippen MR) is 82.2 cm³/mol. The van der Waals surface area contributed by atoms with Crippen LogP contribution in [0.4, 0.5) is 13.2 Å². The van der Waals surface area contributed by atoms with Crippen LogP contribution >= 0.6 is 0 Å². The van der Waals surface area contributed by atoms with Crippen LogP contribution in [0.3, 0.4) is 0 Å². The van der Waals surface area contributed by atoms with Crippen LogP contribution in [-0.2, 0) is 4.74 Å². The molecule has 0 spiro atoms. The van der Waals surface area contributed by atoms with Crippen LogP contribution in [0, 0.1) is 0 Å². The summed E-state index contributed by atoms with van der Waals surface area (Å²) in [7, 11) is 0. The summed E-state index contributed by atoms with van der Waals surface area (Å²) in [6.45, 7) is 2.23. The smallest absolute Gasteiger partial charge is 0.304 e. The molecule has 0 N–H and O–H groups in total. The molecule has 0 saturated carbocycles. The SMILES string of the molecule is CCCCCCCCCCCCCC=COC(F)C(F)F. The van der Waals surface area contributed by atoms with Crippen molar-refractivity contribution in [2.45, 2.75) is 96.8 Å². The van der Waals surface area contributed by atoms with Gasteiger partial charge in [0.05, 0.1) is 6.26 Å². The van der Waals surface area contributed by atoms with Crippen molar-refractivity contribution in [2.75, 3.05) is 0 Å². The summed E-state index contributed by atoms with van der Waals surface area (Å²) in [5, 5.41) is 0. The fourth-order valence-corrected chi connectivity index (χ4v) is 2.18. The number of halogens is 3. The van der Waals surface area contributed by atoms with Gasteiger partial charge in [0.1, 0.15) is 0 Å². The number of hydrogen-bond donors (Lipinski definition) is 0. The maximum Gasteiger partial charge on any atom is 0.304 e. The predicted octanol–water partition coefficient (Wildman–Crippen LogP) is 6.78. The van der Waals surface area contributed by atoms with Gasteiger partial charge in [-0.05, 0) is 18.9 Å². The largest absolute Gasteiger partial charge is 0.463 e. The van der Waals surface area contributed by atoms with Crippen LogP contribution < -0.4 is 0 Å². The Kier molecular flexibility index (Phi) is 15.2. The van der Waals surface area contributed by atoms with E-state index in [4.69, 9.17) is 0 Å². The molecule has 0 amide bonds. The van der Waals surface area contributed by atoms with Crippen LogP contribution in [0.2, 0.25) is 0 Å². The van der Waals surface area contributed by atoms with E-state index in [1.54, 1.807) is 6.08 Å². The van der Waals surface area contributed by atoms with Gasteiger partial charge in [-0.1, -0.05) is 71.1 Å². The molecule has 1 nitrogen and oxygen atoms in total. The summed E-state index contributed by atoms with van der Waals surface area (Å²) in [4.78, 5) is 0. The summed E-state index contributed by atoms with van der Waals surface area (Å²) in [6, 6.07) is 0. The first-order valence-corrected chi connectivity index (χ1v) is 8.41. The molecule has 0 aliphatic heterocycles. The van der Waals surface area contributed by atoms with Gasteiger partial charge < -0.3 is 4.74 Å². The molecule has 0 aliphatic carbocycles. The second kappa shape index (κ2) is 15.7. The molecule has 0 aliphatic rings. The Balaban J connectivity index is 3.13. The minimum absolute atomic E-state index is 0.757. The Morgan fingerprint density at radius 1 is 0.762 bits per heavy atom. The maximum absolute atomic E-state index is 12.3. The van der Waals surface area contributed by atoms with Gasteiger partial charge in [-0.15, -0.1) is 0 Å². The number of ether oxygens (including phenoxy) is 1. The van der Waals surface area contributed by atoms with Crippen LogP contribution in [0.25, 0.3) is 0 Å². The Morgan fingerprint density at radius 2 is 1.24 bits per heavy atom. The lowest BCUT2D eigenvalue weighted by Crippen LogP contribution is -2.12. The van der Waals surface area contributed by atoms with Gasteiger partial charge in [-0.2, -0.15) is 4.39 Å². The highest BCUT2D eigenvalue weighted by molar-refractivity contribution is 4.74. The standard InChI is InChI=1S/C17H31F3O/c1-2-3-4-5-6-7-8-9-10-11-12-13-14-15-21-17(20)16(18)19/h14-17H,2-13H2,1H3. The third-order valence-corrected chi connectivity index (χ3v) is 3.48. The Hall–Kier alpha value is -0.670. The number of unbranched alkanes of at least 4 members (excludes halogenated alkanes) is 11. The zero-order valence-corrected chi connectivity index (χ0v) is 13.3. The molecule has 0 rings (SSSR count). The Bertz CT molecular complexity index is 232. The lowest BCUT2D eigenvalue weighted by atomic mass is 10.1. The summed E-state index contributed by atoms with van der Waals surface area (Å²) < 4.78 is 40.1. The molecule has 4 heteroatoms. The van der Waals surface area contributed by atoms with E-state index in [-0.39, 0.29) is 0 Å². The molecule has 0 bridgehead atoms. The van der Waals surface area contributed by atoms with Crippen molar-refractivity contribution >= 4 is 0 Å². The Labute approximate surface area is 127 Å². The molecule has 126 valence electrons. The van der Waals surface area contributed by atoms with Crippen LogP contribution in [-0.4, -0.2) is 12.8 Å². The van der Waals surface area contributed by atoms with Gasteiger partial charge in [0.2, 0.25) is 0 Å². The van der Waals surface area contributed by atoms with Gasteiger partial charge in [-0.25, -0.2) is 8.78 Å². The molecular weight excluding hydrogens is 277 g/mol. The molecule has 21 heavy (non-hydrogen) atoms. The van der Waals surface area contributed by atoms with E-state index >= 15 is 0 Å². The van der Waals surface area contributed by atoms with Crippen LogP contribution in [0.1, 0.15) is 84.0 Å². The first-order chi connectivity index (χ1) is 10.2. The summed E-state index contributed by atoms with van der Waals surface area (Å²) in [5.74, 6) is 0. The van der Waals surface area contributed by atoms with Gasteiger partial charge >= 0.3 is 6.43 Å². The van der Waals surface area contributed by atoms with E-state index in [0.717, 1.165) is 25.5 Å². The first-order valence-electron chi connectivity index (χ1n) is 8.41. The third kappa shape index (κ3) is 15.5. The molecule has 0 aromatic heterocycles. The first kappa shape index (κ1) is 20.3. The molecule has 0 aromatic rings. The zero-order chi connectivity index (χ0) is 15.8. The van der Waals surface area contributed by atoms with Crippen molar-refractivity contribution in [3.05, 3.63) is 12.3 Å². The highest BCUT2D eigenvalue weighted by Gasteiger charge is 2.18. The number of rotatable bonds is 15. The zero-order valence-electron chi connectivity index (χ0n) is 13.3. The minimum atomic E-state index is -3.07. The second-order valence-corrected chi connectivity index (χ2v) is 5.52. The molecule has 1 unspecified atom stereocenters. The average Bonchev–Trinajstić information content (AvgIpc) is 2.47. The van der Waals surface area contributed by atoms with E-state index in [1.165, 1.54) is 57.8 Å². The molecule has 0 radical (unpaired) electrons. The molecular formula is C17H31F3O. The van der Waals surface area contributed by atoms with Gasteiger partial charge in [0, 0.05) is 0 Å². The summed E-state index contributed by atoms with van der Waals surface area (Å²) >= 11 is 0. The van der Waals surface area contributed by atoms with Crippen molar-refractivity contribution in [2.24, 2.45) is 0 Å². The summed E-state index contributed by atoms with van der Waals surface area (Å²) in [5.41, 5.74) is 0. The van der Waals surface area contributed by atoms with Gasteiger partial charge in [0.25, 0.3) is 6.36 Å². The van der Waals surface area contributed by atoms with Gasteiger partial charge in [0.15, 0.2) is 0 Å². The third-order valence-electron chi connectivity index (χ3n) is 3.48. The highest BCUT2D eigenvalue weighted by atomic mass is 19.3. The van der Waals surface area contributed by atoms with Crippen molar-refractivity contribution in [1.29, 1.82) is 0 Å². The number of alkyl halides is 3. The van der Waals surface area contributed by atoms with Crippen LogP contribution in [0.5, 0.6) is 0 Å². The quantitative estimate of drug-likeness (QED) is 0.239.